The van der Waals surface area contributed by atoms with Crippen molar-refractivity contribution in [3.63, 3.8) is 0 Å². The van der Waals surface area contributed by atoms with Crippen LogP contribution < -0.4 is 15.4 Å². The van der Waals surface area contributed by atoms with Crippen molar-refractivity contribution in [3.05, 3.63) is 77.5 Å². The van der Waals surface area contributed by atoms with Gasteiger partial charge in [0.2, 0.25) is 5.95 Å². The fraction of sp³-hybridized carbons (Fsp3) is 0.167. The lowest BCUT2D eigenvalue weighted by Crippen LogP contribution is -2.12. The molecular weight excluding hydrogens is 459 g/mol. The molecule has 0 bridgehead atoms. The minimum Gasteiger partial charge on any atom is -0.495 e. The summed E-state index contributed by atoms with van der Waals surface area (Å²) in [5.41, 5.74) is 2.55. The van der Waals surface area contributed by atoms with E-state index in [4.69, 9.17) is 16.3 Å². The molecule has 0 aliphatic rings. The van der Waals surface area contributed by atoms with E-state index in [9.17, 15) is 9.18 Å². The average molecular weight is 481 g/mol. The Morgan fingerprint density at radius 2 is 2.00 bits per heavy atom. The first-order chi connectivity index (χ1) is 16.3. The lowest BCUT2D eigenvalue weighted by Gasteiger charge is -2.13. The Kier molecular flexibility index (Phi) is 6.74. The normalized spacial score (nSPS) is 10.9. The van der Waals surface area contributed by atoms with E-state index in [1.807, 2.05) is 24.7 Å². The number of hydrogen-bond acceptors (Lipinski definition) is 6. The van der Waals surface area contributed by atoms with Crippen LogP contribution in [0.5, 0.6) is 5.75 Å². The van der Waals surface area contributed by atoms with Crippen LogP contribution in [0.25, 0.3) is 11.3 Å². The summed E-state index contributed by atoms with van der Waals surface area (Å²) >= 11 is 6.33. The molecule has 0 spiro atoms. The van der Waals surface area contributed by atoms with Gasteiger partial charge >= 0.3 is 0 Å². The summed E-state index contributed by atoms with van der Waals surface area (Å²) in [4.78, 5) is 21.4. The molecule has 4 rings (SSSR count). The van der Waals surface area contributed by atoms with Crippen LogP contribution in [-0.4, -0.2) is 32.8 Å². The van der Waals surface area contributed by atoms with Crippen molar-refractivity contribution in [2.45, 2.75) is 19.9 Å². The van der Waals surface area contributed by atoms with E-state index in [0.29, 0.717) is 39.4 Å². The first kappa shape index (κ1) is 23.2. The Balaban J connectivity index is 1.56. The molecule has 2 aromatic carbocycles. The van der Waals surface area contributed by atoms with E-state index in [1.54, 1.807) is 30.5 Å². The van der Waals surface area contributed by atoms with E-state index in [2.05, 4.69) is 25.7 Å². The summed E-state index contributed by atoms with van der Waals surface area (Å²) in [7, 11) is 1.49. The molecule has 0 unspecified atom stereocenters. The number of amides is 1. The SMILES string of the molecule is COc1cc(C(=O)Nc2cccc(F)c2)ccc1Nc1ncc(Cl)c(-c2cnn(C(C)C)c2)n1. The Morgan fingerprint density at radius 1 is 1.18 bits per heavy atom. The fourth-order valence-electron chi connectivity index (χ4n) is 3.20. The summed E-state index contributed by atoms with van der Waals surface area (Å²) < 4.78 is 20.7. The molecule has 0 atom stereocenters. The smallest absolute Gasteiger partial charge is 0.255 e. The number of nitrogens with one attached hydrogen (secondary N) is 2. The second kappa shape index (κ2) is 9.88. The standard InChI is InChI=1S/C24H22ClFN6O2/c1-14(2)32-13-16(11-28-32)22-19(25)12-27-24(31-22)30-20-8-7-15(9-21(20)34-3)23(33)29-18-6-4-5-17(26)10-18/h4-14H,1-3H3,(H,29,33)(H,27,30,31). The number of aromatic nitrogens is 4. The quantitative estimate of drug-likeness (QED) is 0.351. The molecule has 4 aromatic rings. The molecular formula is C24H22ClFN6O2. The van der Waals surface area contributed by atoms with Crippen LogP contribution in [0.3, 0.4) is 0 Å². The number of carbonyl (C=O) groups excluding carboxylic acids is 1. The van der Waals surface area contributed by atoms with Gasteiger partial charge in [0.15, 0.2) is 0 Å². The highest BCUT2D eigenvalue weighted by molar-refractivity contribution is 6.32. The van der Waals surface area contributed by atoms with Gasteiger partial charge in [0.1, 0.15) is 11.6 Å². The number of ether oxygens (including phenoxy) is 1. The average Bonchev–Trinajstić information content (AvgIpc) is 3.31. The molecule has 0 saturated heterocycles. The third kappa shape index (κ3) is 5.15. The fourth-order valence-corrected chi connectivity index (χ4v) is 3.40. The zero-order chi connectivity index (χ0) is 24.2. The van der Waals surface area contributed by atoms with Gasteiger partial charge in [-0.2, -0.15) is 5.10 Å². The molecule has 1 amide bonds. The molecule has 0 aliphatic carbocycles. The minimum atomic E-state index is -0.436. The Morgan fingerprint density at radius 3 is 2.71 bits per heavy atom. The third-order valence-corrected chi connectivity index (χ3v) is 5.22. The summed E-state index contributed by atoms with van der Waals surface area (Å²) in [5, 5.41) is 10.5. The van der Waals surface area contributed by atoms with Crippen LogP contribution in [-0.2, 0) is 0 Å². The number of benzene rings is 2. The van der Waals surface area contributed by atoms with Gasteiger partial charge < -0.3 is 15.4 Å². The number of rotatable bonds is 7. The molecule has 2 N–H and O–H groups in total. The third-order valence-electron chi connectivity index (χ3n) is 4.94. The van der Waals surface area contributed by atoms with E-state index in [1.165, 1.54) is 31.5 Å². The number of anilines is 3. The molecule has 10 heteroatoms. The number of halogens is 2. The maximum absolute atomic E-state index is 13.4. The van der Waals surface area contributed by atoms with Gasteiger partial charge in [0.05, 0.1) is 35.9 Å². The van der Waals surface area contributed by atoms with Crippen molar-refractivity contribution >= 4 is 34.8 Å². The lowest BCUT2D eigenvalue weighted by molar-refractivity contribution is 0.102. The van der Waals surface area contributed by atoms with Crippen molar-refractivity contribution in [3.8, 4) is 17.0 Å². The number of nitrogens with zero attached hydrogens (tertiary/aromatic N) is 4. The number of carbonyl (C=O) groups is 1. The van der Waals surface area contributed by atoms with Crippen LogP contribution in [0.15, 0.2) is 61.1 Å². The van der Waals surface area contributed by atoms with E-state index < -0.39 is 11.7 Å². The molecule has 2 heterocycles. The first-order valence-corrected chi connectivity index (χ1v) is 10.8. The van der Waals surface area contributed by atoms with Gasteiger partial charge in [-0.3, -0.25) is 9.48 Å². The summed E-state index contributed by atoms with van der Waals surface area (Å²) in [5.74, 6) is -0.136. The summed E-state index contributed by atoms with van der Waals surface area (Å²) in [6.45, 7) is 4.05. The molecule has 0 fully saturated rings. The van der Waals surface area contributed by atoms with Crippen LogP contribution in [0.4, 0.5) is 21.7 Å². The van der Waals surface area contributed by atoms with Gasteiger partial charge in [-0.15, -0.1) is 0 Å². The largest absolute Gasteiger partial charge is 0.495 e. The number of hydrogen-bond donors (Lipinski definition) is 2. The van der Waals surface area contributed by atoms with E-state index in [-0.39, 0.29) is 6.04 Å². The maximum atomic E-state index is 13.4. The van der Waals surface area contributed by atoms with Gasteiger partial charge in [-0.05, 0) is 50.2 Å². The van der Waals surface area contributed by atoms with Crippen LogP contribution in [0.1, 0.15) is 30.2 Å². The minimum absolute atomic E-state index is 0.202. The first-order valence-electron chi connectivity index (χ1n) is 10.4. The van der Waals surface area contributed by atoms with E-state index >= 15 is 0 Å². The van der Waals surface area contributed by atoms with Crippen LogP contribution in [0, 0.1) is 5.82 Å². The summed E-state index contributed by atoms with van der Waals surface area (Å²) in [6.07, 6.45) is 5.08. The molecule has 174 valence electrons. The van der Waals surface area contributed by atoms with Crippen molar-refractivity contribution in [2.75, 3.05) is 17.7 Å². The topological polar surface area (TPSA) is 94.0 Å². The Labute approximate surface area is 200 Å². The molecule has 8 nitrogen and oxygen atoms in total. The lowest BCUT2D eigenvalue weighted by atomic mass is 10.1. The zero-order valence-corrected chi connectivity index (χ0v) is 19.5. The second-order valence-electron chi connectivity index (χ2n) is 7.70. The zero-order valence-electron chi connectivity index (χ0n) is 18.7. The molecule has 0 radical (unpaired) electrons. The molecule has 34 heavy (non-hydrogen) atoms. The highest BCUT2D eigenvalue weighted by atomic mass is 35.5. The van der Waals surface area contributed by atoms with Crippen molar-refractivity contribution < 1.29 is 13.9 Å². The van der Waals surface area contributed by atoms with E-state index in [0.717, 1.165) is 5.56 Å². The molecule has 2 aromatic heterocycles. The second-order valence-corrected chi connectivity index (χ2v) is 8.10. The predicted molar refractivity (Wildman–Crippen MR) is 129 cm³/mol. The van der Waals surface area contributed by atoms with Gasteiger partial charge in [0, 0.05) is 29.1 Å². The Bertz CT molecular complexity index is 1340. The van der Waals surface area contributed by atoms with Gasteiger partial charge in [-0.25, -0.2) is 14.4 Å². The highest BCUT2D eigenvalue weighted by Crippen LogP contribution is 2.31. The predicted octanol–water partition coefficient (Wildman–Crippen LogP) is 5.72. The van der Waals surface area contributed by atoms with Crippen molar-refractivity contribution in [1.82, 2.24) is 19.7 Å². The number of methoxy groups -OCH3 is 1. The Hall–Kier alpha value is -3.98. The molecule has 0 saturated carbocycles. The molecule has 0 aliphatic heterocycles. The summed E-state index contributed by atoms with van der Waals surface area (Å²) in [6, 6.07) is 10.7. The van der Waals surface area contributed by atoms with Crippen molar-refractivity contribution in [1.29, 1.82) is 0 Å². The van der Waals surface area contributed by atoms with Crippen LogP contribution >= 0.6 is 11.6 Å². The van der Waals surface area contributed by atoms with Crippen LogP contribution in [0.2, 0.25) is 5.02 Å². The maximum Gasteiger partial charge on any atom is 0.255 e. The highest BCUT2D eigenvalue weighted by Gasteiger charge is 2.15. The van der Waals surface area contributed by atoms with Crippen molar-refractivity contribution in [2.24, 2.45) is 0 Å². The van der Waals surface area contributed by atoms with Gasteiger partial charge in [0.25, 0.3) is 5.91 Å². The monoisotopic (exact) mass is 480 g/mol. The van der Waals surface area contributed by atoms with Gasteiger partial charge in [-0.1, -0.05) is 17.7 Å².